The monoisotopic (exact) mass is 214 g/mol. The summed E-state index contributed by atoms with van der Waals surface area (Å²) in [6.07, 6.45) is 6.69. The maximum Gasteiger partial charge on any atom is 0.0162 e. The summed E-state index contributed by atoms with van der Waals surface area (Å²) >= 11 is 6.14. The van der Waals surface area contributed by atoms with E-state index in [0.29, 0.717) is 0 Å². The van der Waals surface area contributed by atoms with E-state index in [4.69, 9.17) is 0 Å². The molecule has 0 N–H and O–H groups in total. The second-order valence-electron chi connectivity index (χ2n) is 3.39. The second kappa shape index (κ2) is 6.50. The molecule has 0 bridgehead atoms. The second-order valence-corrected chi connectivity index (χ2v) is 4.70. The van der Waals surface area contributed by atoms with E-state index in [2.05, 4.69) is 31.0 Å². The Balaban J connectivity index is 2.20. The largest absolute Gasteiger partial charge is 0.175 e. The van der Waals surface area contributed by atoms with E-state index in [1.807, 2.05) is 11.3 Å². The van der Waals surface area contributed by atoms with Gasteiger partial charge in [-0.05, 0) is 29.9 Å². The van der Waals surface area contributed by atoms with Crippen molar-refractivity contribution >= 4 is 24.0 Å². The van der Waals surface area contributed by atoms with Crippen molar-refractivity contribution < 1.29 is 0 Å². The van der Waals surface area contributed by atoms with Crippen LogP contribution >= 0.6 is 24.0 Å². The lowest BCUT2D eigenvalue weighted by molar-refractivity contribution is 0.670. The van der Waals surface area contributed by atoms with E-state index in [1.165, 1.54) is 42.5 Å². The smallest absolute Gasteiger partial charge is 0.0162 e. The van der Waals surface area contributed by atoms with Gasteiger partial charge in [-0.1, -0.05) is 26.2 Å². The minimum atomic E-state index is 0.880. The molecule has 0 aliphatic rings. The fraction of sp³-hybridized carbons (Fsp3) is 0.636. The van der Waals surface area contributed by atoms with Crippen LogP contribution in [0, 0.1) is 0 Å². The normalized spacial score (nSPS) is 10.6. The average Bonchev–Trinajstić information content (AvgIpc) is 2.60. The molecular formula is C11H18S2. The van der Waals surface area contributed by atoms with Gasteiger partial charge in [-0.15, -0.1) is 11.3 Å². The summed E-state index contributed by atoms with van der Waals surface area (Å²) in [5.74, 6) is 0.880. The number of thiol groups is 1. The number of hydrogen-bond donors (Lipinski definition) is 1. The highest BCUT2D eigenvalue weighted by molar-refractivity contribution is 7.79. The Bertz CT molecular complexity index is 228. The van der Waals surface area contributed by atoms with E-state index in [0.717, 1.165) is 5.75 Å². The van der Waals surface area contributed by atoms with E-state index in [1.54, 1.807) is 0 Å². The van der Waals surface area contributed by atoms with Gasteiger partial charge in [-0.25, -0.2) is 0 Å². The van der Waals surface area contributed by atoms with Gasteiger partial charge in [0.2, 0.25) is 0 Å². The molecule has 0 radical (unpaired) electrons. The Morgan fingerprint density at radius 2 is 2.15 bits per heavy atom. The molecule has 0 aliphatic heterocycles. The lowest BCUT2D eigenvalue weighted by Crippen LogP contribution is -1.81. The Morgan fingerprint density at radius 1 is 1.31 bits per heavy atom. The fourth-order valence-corrected chi connectivity index (χ4v) is 2.61. The summed E-state index contributed by atoms with van der Waals surface area (Å²) in [6, 6.07) is 2.30. The van der Waals surface area contributed by atoms with Crippen molar-refractivity contribution in [3.8, 4) is 0 Å². The lowest BCUT2D eigenvalue weighted by Gasteiger charge is -1.96. The molecule has 0 saturated heterocycles. The Labute approximate surface area is 90.8 Å². The van der Waals surface area contributed by atoms with Crippen LogP contribution in [-0.2, 0) is 12.2 Å². The zero-order chi connectivity index (χ0) is 9.52. The van der Waals surface area contributed by atoms with Gasteiger partial charge in [0.1, 0.15) is 0 Å². The molecule has 1 heterocycles. The fourth-order valence-electron chi connectivity index (χ4n) is 1.37. The highest BCUT2D eigenvalue weighted by atomic mass is 32.1. The number of rotatable bonds is 6. The summed E-state index contributed by atoms with van der Waals surface area (Å²) < 4.78 is 0. The molecule has 2 heteroatoms. The van der Waals surface area contributed by atoms with Crippen molar-refractivity contribution in [2.24, 2.45) is 0 Å². The van der Waals surface area contributed by atoms with Crippen LogP contribution in [0.4, 0.5) is 0 Å². The Kier molecular flexibility index (Phi) is 5.56. The van der Waals surface area contributed by atoms with E-state index in [9.17, 15) is 0 Å². The van der Waals surface area contributed by atoms with E-state index >= 15 is 0 Å². The molecule has 0 fully saturated rings. The van der Waals surface area contributed by atoms with Crippen LogP contribution < -0.4 is 0 Å². The van der Waals surface area contributed by atoms with Crippen molar-refractivity contribution in [1.29, 1.82) is 0 Å². The van der Waals surface area contributed by atoms with Crippen LogP contribution in [0.5, 0.6) is 0 Å². The van der Waals surface area contributed by atoms with Crippen LogP contribution in [0.3, 0.4) is 0 Å². The number of aryl methyl sites for hydroxylation is 1. The zero-order valence-electron chi connectivity index (χ0n) is 8.25. The number of thiophene rings is 1. The van der Waals surface area contributed by atoms with Gasteiger partial charge in [0.15, 0.2) is 0 Å². The third kappa shape index (κ3) is 4.19. The van der Waals surface area contributed by atoms with Crippen LogP contribution in [0.25, 0.3) is 0 Å². The molecule has 1 rings (SSSR count). The first-order valence-electron chi connectivity index (χ1n) is 5.04. The summed E-state index contributed by atoms with van der Waals surface area (Å²) in [6.45, 7) is 2.25. The first-order valence-corrected chi connectivity index (χ1v) is 6.55. The maximum atomic E-state index is 4.25. The molecule has 1 aromatic rings. The molecule has 0 nitrogen and oxygen atoms in total. The van der Waals surface area contributed by atoms with Gasteiger partial charge >= 0.3 is 0 Å². The minimum Gasteiger partial charge on any atom is -0.175 e. The summed E-state index contributed by atoms with van der Waals surface area (Å²) in [5, 5.41) is 2.22. The van der Waals surface area contributed by atoms with Gasteiger partial charge in [0.05, 0.1) is 0 Å². The lowest BCUT2D eigenvalue weighted by atomic mass is 10.1. The standard InChI is InChI=1S/C11H18S2/c1-2-3-4-5-6-11-7-10(8-12)9-13-11/h7,9,12H,2-6,8H2,1H3. The molecule has 13 heavy (non-hydrogen) atoms. The molecule has 0 aromatic carbocycles. The first kappa shape index (κ1) is 11.1. The predicted octanol–water partition coefficient (Wildman–Crippen LogP) is 4.30. The van der Waals surface area contributed by atoms with Crippen LogP contribution in [0.2, 0.25) is 0 Å². The molecule has 1 aromatic heterocycles. The van der Waals surface area contributed by atoms with E-state index < -0.39 is 0 Å². The molecule has 0 atom stereocenters. The van der Waals surface area contributed by atoms with Crippen molar-refractivity contribution in [1.82, 2.24) is 0 Å². The molecule has 0 saturated carbocycles. The number of hydrogen-bond acceptors (Lipinski definition) is 2. The minimum absolute atomic E-state index is 0.880. The third-order valence-corrected chi connectivity index (χ3v) is 3.58. The number of unbranched alkanes of at least 4 members (excludes halogenated alkanes) is 3. The average molecular weight is 214 g/mol. The van der Waals surface area contributed by atoms with Gasteiger partial charge in [-0.2, -0.15) is 12.6 Å². The molecule has 74 valence electrons. The van der Waals surface area contributed by atoms with Crippen LogP contribution in [0.1, 0.15) is 43.0 Å². The quantitative estimate of drug-likeness (QED) is 0.530. The Morgan fingerprint density at radius 3 is 2.77 bits per heavy atom. The molecular weight excluding hydrogens is 196 g/mol. The van der Waals surface area contributed by atoms with Crippen molar-refractivity contribution in [3.63, 3.8) is 0 Å². The van der Waals surface area contributed by atoms with Gasteiger partial charge in [0.25, 0.3) is 0 Å². The van der Waals surface area contributed by atoms with Crippen molar-refractivity contribution in [3.05, 3.63) is 21.9 Å². The van der Waals surface area contributed by atoms with Gasteiger partial charge in [-0.3, -0.25) is 0 Å². The molecule has 0 unspecified atom stereocenters. The highest BCUT2D eigenvalue weighted by Crippen LogP contribution is 2.18. The van der Waals surface area contributed by atoms with Gasteiger partial charge in [0, 0.05) is 10.6 Å². The molecule has 0 amide bonds. The van der Waals surface area contributed by atoms with Crippen molar-refractivity contribution in [2.45, 2.75) is 44.8 Å². The molecule has 0 aliphatic carbocycles. The maximum absolute atomic E-state index is 4.25. The van der Waals surface area contributed by atoms with Gasteiger partial charge < -0.3 is 0 Å². The summed E-state index contributed by atoms with van der Waals surface area (Å²) in [5.41, 5.74) is 1.37. The third-order valence-electron chi connectivity index (χ3n) is 2.17. The van der Waals surface area contributed by atoms with Crippen molar-refractivity contribution in [2.75, 3.05) is 0 Å². The first-order chi connectivity index (χ1) is 6.36. The van der Waals surface area contributed by atoms with Crippen LogP contribution in [0.15, 0.2) is 11.4 Å². The SMILES string of the molecule is CCCCCCc1cc(CS)cs1. The molecule has 0 spiro atoms. The van der Waals surface area contributed by atoms with Crippen LogP contribution in [-0.4, -0.2) is 0 Å². The zero-order valence-corrected chi connectivity index (χ0v) is 9.96. The van der Waals surface area contributed by atoms with E-state index in [-0.39, 0.29) is 0 Å². The summed E-state index contributed by atoms with van der Waals surface area (Å²) in [4.78, 5) is 1.53. The predicted molar refractivity (Wildman–Crippen MR) is 64.9 cm³/mol. The highest BCUT2D eigenvalue weighted by Gasteiger charge is 1.97. The topological polar surface area (TPSA) is 0 Å². The Hall–Kier alpha value is 0.0500. The summed E-state index contributed by atoms with van der Waals surface area (Å²) in [7, 11) is 0.